The molecule has 2 nitrogen and oxygen atoms in total. The number of pyridine rings is 1. The van der Waals surface area contributed by atoms with E-state index in [0.717, 1.165) is 17.0 Å². The molecule has 2 aromatic rings. The van der Waals surface area contributed by atoms with Gasteiger partial charge in [-0.1, -0.05) is 23.7 Å². The van der Waals surface area contributed by atoms with Gasteiger partial charge in [0.1, 0.15) is 5.75 Å². The van der Waals surface area contributed by atoms with Gasteiger partial charge in [-0.25, -0.2) is 0 Å². The maximum Gasteiger partial charge on any atom is 0.119 e. The highest BCUT2D eigenvalue weighted by molar-refractivity contribution is 6.33. The Labute approximate surface area is 93.5 Å². The molecule has 76 valence electrons. The first-order chi connectivity index (χ1) is 7.31. The highest BCUT2D eigenvalue weighted by Crippen LogP contribution is 2.27. The summed E-state index contributed by atoms with van der Waals surface area (Å²) in [4.78, 5) is 4.24. The zero-order valence-corrected chi connectivity index (χ0v) is 9.03. The summed E-state index contributed by atoms with van der Waals surface area (Å²) in [6.07, 6.45) is 1.72. The van der Waals surface area contributed by atoms with E-state index in [1.54, 1.807) is 13.3 Å². The first-order valence-electron chi connectivity index (χ1n) is 4.56. The zero-order chi connectivity index (χ0) is 10.7. The topological polar surface area (TPSA) is 22.1 Å². The van der Waals surface area contributed by atoms with E-state index in [1.165, 1.54) is 0 Å². The van der Waals surface area contributed by atoms with Crippen molar-refractivity contribution in [3.8, 4) is 17.0 Å². The summed E-state index contributed by atoms with van der Waals surface area (Å²) >= 11 is 6.05. The molecule has 0 aliphatic carbocycles. The summed E-state index contributed by atoms with van der Waals surface area (Å²) in [6, 6.07) is 11.3. The lowest BCUT2D eigenvalue weighted by atomic mass is 10.1. The van der Waals surface area contributed by atoms with Crippen LogP contribution in [0.15, 0.2) is 42.6 Å². The molecule has 3 heteroatoms. The first-order valence-corrected chi connectivity index (χ1v) is 4.94. The van der Waals surface area contributed by atoms with Crippen molar-refractivity contribution in [1.29, 1.82) is 0 Å². The number of methoxy groups -OCH3 is 1. The van der Waals surface area contributed by atoms with Gasteiger partial charge in [0.25, 0.3) is 0 Å². The van der Waals surface area contributed by atoms with Gasteiger partial charge in [-0.3, -0.25) is 4.98 Å². The number of nitrogens with zero attached hydrogens (tertiary/aromatic N) is 1. The molecule has 0 aliphatic heterocycles. The summed E-state index contributed by atoms with van der Waals surface area (Å²) < 4.78 is 5.15. The number of hydrogen-bond acceptors (Lipinski definition) is 2. The standard InChI is InChI=1S/C12H10ClNO/c1-15-10-5-2-4-9(8-10)12-11(13)6-3-7-14-12/h2-8H,1H3. The monoisotopic (exact) mass is 219 g/mol. The minimum absolute atomic E-state index is 0.644. The van der Waals surface area contributed by atoms with Crippen LogP contribution in [0, 0.1) is 0 Å². The molecule has 0 radical (unpaired) electrons. The van der Waals surface area contributed by atoms with Crippen molar-refractivity contribution in [1.82, 2.24) is 4.98 Å². The van der Waals surface area contributed by atoms with Crippen LogP contribution in [0.1, 0.15) is 0 Å². The highest BCUT2D eigenvalue weighted by atomic mass is 35.5. The average molecular weight is 220 g/mol. The minimum atomic E-state index is 0.644. The summed E-state index contributed by atoms with van der Waals surface area (Å²) in [7, 11) is 1.64. The summed E-state index contributed by atoms with van der Waals surface area (Å²) in [5.41, 5.74) is 1.73. The molecular weight excluding hydrogens is 210 g/mol. The molecular formula is C12H10ClNO. The summed E-state index contributed by atoms with van der Waals surface area (Å²) in [6.45, 7) is 0. The Morgan fingerprint density at radius 3 is 2.80 bits per heavy atom. The summed E-state index contributed by atoms with van der Waals surface area (Å²) in [5.74, 6) is 0.800. The number of benzene rings is 1. The van der Waals surface area contributed by atoms with E-state index in [4.69, 9.17) is 16.3 Å². The van der Waals surface area contributed by atoms with Gasteiger partial charge in [0.15, 0.2) is 0 Å². The Hall–Kier alpha value is -1.54. The Kier molecular flexibility index (Phi) is 2.88. The van der Waals surface area contributed by atoms with E-state index >= 15 is 0 Å². The number of rotatable bonds is 2. The second-order valence-corrected chi connectivity index (χ2v) is 3.47. The number of aromatic nitrogens is 1. The number of hydrogen-bond donors (Lipinski definition) is 0. The first kappa shape index (κ1) is 9.99. The molecule has 0 bridgehead atoms. The van der Waals surface area contributed by atoms with Crippen molar-refractivity contribution in [3.05, 3.63) is 47.6 Å². The maximum absolute atomic E-state index is 6.05. The van der Waals surface area contributed by atoms with E-state index < -0.39 is 0 Å². The van der Waals surface area contributed by atoms with Gasteiger partial charge in [-0.15, -0.1) is 0 Å². The van der Waals surface area contributed by atoms with Crippen LogP contribution < -0.4 is 4.74 Å². The van der Waals surface area contributed by atoms with Crippen molar-refractivity contribution in [2.24, 2.45) is 0 Å². The Balaban J connectivity index is 2.49. The molecule has 0 fully saturated rings. The van der Waals surface area contributed by atoms with E-state index in [9.17, 15) is 0 Å². The fourth-order valence-corrected chi connectivity index (χ4v) is 1.60. The van der Waals surface area contributed by atoms with Crippen LogP contribution in [-0.4, -0.2) is 12.1 Å². The smallest absolute Gasteiger partial charge is 0.119 e. The van der Waals surface area contributed by atoms with Crippen molar-refractivity contribution >= 4 is 11.6 Å². The summed E-state index contributed by atoms with van der Waals surface area (Å²) in [5, 5.41) is 0.644. The molecule has 0 atom stereocenters. The lowest BCUT2D eigenvalue weighted by molar-refractivity contribution is 0.415. The molecule has 0 spiro atoms. The van der Waals surface area contributed by atoms with Crippen LogP contribution in [-0.2, 0) is 0 Å². The SMILES string of the molecule is COc1cccc(-c2ncccc2Cl)c1. The molecule has 0 unspecified atom stereocenters. The average Bonchev–Trinajstić information content (AvgIpc) is 2.30. The van der Waals surface area contributed by atoms with Gasteiger partial charge in [0.2, 0.25) is 0 Å². The van der Waals surface area contributed by atoms with Crippen molar-refractivity contribution in [2.45, 2.75) is 0 Å². The second kappa shape index (κ2) is 4.32. The van der Waals surface area contributed by atoms with Crippen LogP contribution in [0.25, 0.3) is 11.3 Å². The normalized spacial score (nSPS) is 10.0. The Morgan fingerprint density at radius 2 is 2.07 bits per heavy atom. The van der Waals surface area contributed by atoms with Crippen LogP contribution >= 0.6 is 11.6 Å². The second-order valence-electron chi connectivity index (χ2n) is 3.07. The fraction of sp³-hybridized carbons (Fsp3) is 0.0833. The lowest BCUT2D eigenvalue weighted by Gasteiger charge is -2.05. The van der Waals surface area contributed by atoms with Gasteiger partial charge >= 0.3 is 0 Å². The molecule has 1 aromatic heterocycles. The van der Waals surface area contributed by atoms with E-state index in [2.05, 4.69) is 4.98 Å². The maximum atomic E-state index is 6.05. The quantitative estimate of drug-likeness (QED) is 0.772. The number of halogens is 1. The molecule has 0 amide bonds. The minimum Gasteiger partial charge on any atom is -0.497 e. The van der Waals surface area contributed by atoms with E-state index in [1.807, 2.05) is 36.4 Å². The highest BCUT2D eigenvalue weighted by Gasteiger charge is 2.04. The predicted octanol–water partition coefficient (Wildman–Crippen LogP) is 3.41. The van der Waals surface area contributed by atoms with E-state index in [-0.39, 0.29) is 0 Å². The van der Waals surface area contributed by atoms with Crippen molar-refractivity contribution < 1.29 is 4.74 Å². The van der Waals surface area contributed by atoms with Crippen molar-refractivity contribution in [3.63, 3.8) is 0 Å². The Bertz CT molecular complexity index is 471. The zero-order valence-electron chi connectivity index (χ0n) is 8.27. The van der Waals surface area contributed by atoms with Gasteiger partial charge in [0, 0.05) is 11.8 Å². The lowest BCUT2D eigenvalue weighted by Crippen LogP contribution is -1.86. The van der Waals surface area contributed by atoms with Crippen LogP contribution in [0.5, 0.6) is 5.75 Å². The van der Waals surface area contributed by atoms with Gasteiger partial charge in [0.05, 0.1) is 17.8 Å². The van der Waals surface area contributed by atoms with E-state index in [0.29, 0.717) is 5.02 Å². The molecule has 15 heavy (non-hydrogen) atoms. The third-order valence-electron chi connectivity index (χ3n) is 2.10. The van der Waals surface area contributed by atoms with Crippen molar-refractivity contribution in [2.75, 3.05) is 7.11 Å². The predicted molar refractivity (Wildman–Crippen MR) is 61.2 cm³/mol. The third-order valence-corrected chi connectivity index (χ3v) is 2.41. The molecule has 0 N–H and O–H groups in total. The van der Waals surface area contributed by atoms with Crippen LogP contribution in [0.2, 0.25) is 5.02 Å². The molecule has 0 saturated carbocycles. The van der Waals surface area contributed by atoms with Crippen LogP contribution in [0.3, 0.4) is 0 Å². The molecule has 1 heterocycles. The van der Waals surface area contributed by atoms with Gasteiger partial charge in [-0.2, -0.15) is 0 Å². The molecule has 1 aromatic carbocycles. The Morgan fingerprint density at radius 1 is 1.20 bits per heavy atom. The molecule has 0 saturated heterocycles. The number of ether oxygens (including phenoxy) is 1. The molecule has 2 rings (SSSR count). The fourth-order valence-electron chi connectivity index (χ4n) is 1.37. The molecule has 0 aliphatic rings. The largest absolute Gasteiger partial charge is 0.497 e. The third kappa shape index (κ3) is 2.10. The van der Waals surface area contributed by atoms with Crippen LogP contribution in [0.4, 0.5) is 0 Å². The van der Waals surface area contributed by atoms with Gasteiger partial charge < -0.3 is 4.74 Å². The van der Waals surface area contributed by atoms with Gasteiger partial charge in [-0.05, 0) is 24.3 Å².